The molecule has 0 unspecified atom stereocenters. The fourth-order valence-corrected chi connectivity index (χ4v) is 2.60. The van der Waals surface area contributed by atoms with Crippen LogP contribution in [-0.2, 0) is 14.2 Å². The van der Waals surface area contributed by atoms with Gasteiger partial charge in [0.2, 0.25) is 0 Å². The van der Waals surface area contributed by atoms with Gasteiger partial charge in [0.05, 0.1) is 26.1 Å². The van der Waals surface area contributed by atoms with Crippen molar-refractivity contribution in [2.24, 2.45) is 0 Å². The van der Waals surface area contributed by atoms with Crippen molar-refractivity contribution in [1.29, 1.82) is 0 Å². The second kappa shape index (κ2) is 6.72. The molecule has 2 aromatic heterocycles. The van der Waals surface area contributed by atoms with Crippen molar-refractivity contribution in [3.8, 4) is 0 Å². The molecule has 10 heteroatoms. The maximum atomic E-state index is 10.3. The van der Waals surface area contributed by atoms with Crippen LogP contribution in [0.2, 0.25) is 0 Å². The van der Waals surface area contributed by atoms with Crippen LogP contribution in [0.1, 0.15) is 6.23 Å². The van der Waals surface area contributed by atoms with Crippen LogP contribution in [0.25, 0.3) is 11.2 Å². The largest absolute Gasteiger partial charge is 0.394 e. The summed E-state index contributed by atoms with van der Waals surface area (Å²) in [6.45, 7) is 0.324. The molecule has 2 aromatic rings. The Hall–Kier alpha value is -1.85. The van der Waals surface area contributed by atoms with E-state index < -0.39 is 24.5 Å². The van der Waals surface area contributed by atoms with Crippen molar-refractivity contribution in [3.05, 3.63) is 12.7 Å². The summed E-state index contributed by atoms with van der Waals surface area (Å²) in [7, 11) is 1.56. The Labute approximate surface area is 131 Å². The van der Waals surface area contributed by atoms with E-state index in [-0.39, 0.29) is 19.0 Å². The third-order valence-electron chi connectivity index (χ3n) is 3.75. The average Bonchev–Trinajstić information content (AvgIpc) is 3.10. The second-order valence-corrected chi connectivity index (χ2v) is 5.15. The Morgan fingerprint density at radius 2 is 2.17 bits per heavy atom. The van der Waals surface area contributed by atoms with Gasteiger partial charge in [0.1, 0.15) is 30.2 Å². The van der Waals surface area contributed by atoms with Crippen LogP contribution in [0.15, 0.2) is 12.7 Å². The van der Waals surface area contributed by atoms with Gasteiger partial charge in [-0.3, -0.25) is 4.57 Å². The maximum absolute atomic E-state index is 10.3. The minimum atomic E-state index is -0.988. The zero-order chi connectivity index (χ0) is 16.4. The molecule has 4 N–H and O–H groups in total. The highest BCUT2D eigenvalue weighted by Crippen LogP contribution is 2.33. The molecule has 126 valence electrons. The van der Waals surface area contributed by atoms with E-state index in [1.807, 2.05) is 0 Å². The van der Waals surface area contributed by atoms with Gasteiger partial charge in [0.15, 0.2) is 17.7 Å². The molecule has 1 saturated heterocycles. The van der Waals surface area contributed by atoms with E-state index in [2.05, 4.69) is 15.0 Å². The Morgan fingerprint density at radius 3 is 2.91 bits per heavy atom. The smallest absolute Gasteiger partial charge is 0.167 e. The van der Waals surface area contributed by atoms with E-state index in [9.17, 15) is 10.2 Å². The number of hydrogen-bond donors (Lipinski definition) is 3. The SMILES string of the molecule is COCCO[C@H]1[C@H](O)[C@@H](CO)O[C@@H]1n1cnc2c(N)ncnc21. The number of aromatic nitrogens is 4. The maximum Gasteiger partial charge on any atom is 0.167 e. The monoisotopic (exact) mass is 325 g/mol. The van der Waals surface area contributed by atoms with Crippen molar-refractivity contribution < 1.29 is 24.4 Å². The molecule has 1 aliphatic rings. The van der Waals surface area contributed by atoms with Gasteiger partial charge in [-0.2, -0.15) is 0 Å². The van der Waals surface area contributed by atoms with Gasteiger partial charge in [-0.1, -0.05) is 0 Å². The number of hydrogen-bond acceptors (Lipinski definition) is 9. The third kappa shape index (κ3) is 2.86. The van der Waals surface area contributed by atoms with Crippen LogP contribution in [0, 0.1) is 0 Å². The van der Waals surface area contributed by atoms with E-state index in [0.29, 0.717) is 17.8 Å². The molecule has 0 aliphatic carbocycles. The van der Waals surface area contributed by atoms with Crippen LogP contribution in [0.5, 0.6) is 0 Å². The summed E-state index contributed by atoms with van der Waals surface area (Å²) in [6, 6.07) is 0. The molecule has 0 amide bonds. The van der Waals surface area contributed by atoms with Crippen LogP contribution in [0.4, 0.5) is 5.82 Å². The zero-order valence-corrected chi connectivity index (χ0v) is 12.6. The molecule has 23 heavy (non-hydrogen) atoms. The molecule has 10 nitrogen and oxygen atoms in total. The number of aliphatic hydroxyl groups excluding tert-OH is 2. The number of aliphatic hydroxyl groups is 2. The normalized spacial score (nSPS) is 27.8. The van der Waals surface area contributed by atoms with Crippen molar-refractivity contribution >= 4 is 17.0 Å². The first-order chi connectivity index (χ1) is 11.2. The Bertz CT molecular complexity index is 665. The minimum Gasteiger partial charge on any atom is -0.394 e. The molecular formula is C13H19N5O5. The fourth-order valence-electron chi connectivity index (χ4n) is 2.60. The first kappa shape index (κ1) is 16.0. The Balaban J connectivity index is 1.92. The highest BCUT2D eigenvalue weighted by Gasteiger charge is 2.45. The predicted octanol–water partition coefficient (Wildman–Crippen LogP) is -1.31. The number of nitrogen functional groups attached to an aromatic ring is 1. The molecule has 0 spiro atoms. The number of nitrogens with zero attached hydrogens (tertiary/aromatic N) is 4. The third-order valence-corrected chi connectivity index (χ3v) is 3.75. The lowest BCUT2D eigenvalue weighted by molar-refractivity contribution is -0.0785. The predicted molar refractivity (Wildman–Crippen MR) is 78.4 cm³/mol. The summed E-state index contributed by atoms with van der Waals surface area (Å²) in [6.07, 6.45) is -0.317. The molecule has 4 atom stereocenters. The van der Waals surface area contributed by atoms with Crippen molar-refractivity contribution in [2.45, 2.75) is 24.5 Å². The van der Waals surface area contributed by atoms with Crippen molar-refractivity contribution in [2.75, 3.05) is 32.7 Å². The van der Waals surface area contributed by atoms with Crippen molar-refractivity contribution in [1.82, 2.24) is 19.5 Å². The second-order valence-electron chi connectivity index (χ2n) is 5.15. The van der Waals surface area contributed by atoms with Crippen LogP contribution in [-0.4, -0.2) is 75.0 Å². The summed E-state index contributed by atoms with van der Waals surface area (Å²) in [4.78, 5) is 12.2. The molecule has 3 rings (SSSR count). The number of methoxy groups -OCH3 is 1. The number of rotatable bonds is 6. The number of ether oxygens (including phenoxy) is 3. The van der Waals surface area contributed by atoms with Gasteiger partial charge < -0.3 is 30.2 Å². The molecule has 0 radical (unpaired) electrons. The van der Waals surface area contributed by atoms with E-state index in [1.54, 1.807) is 11.7 Å². The first-order valence-electron chi connectivity index (χ1n) is 7.15. The van der Waals surface area contributed by atoms with Gasteiger partial charge in [0.25, 0.3) is 0 Å². The number of fused-ring (bicyclic) bond motifs is 1. The molecule has 1 fully saturated rings. The fraction of sp³-hybridized carbons (Fsp3) is 0.615. The molecular weight excluding hydrogens is 306 g/mol. The van der Waals surface area contributed by atoms with E-state index >= 15 is 0 Å². The molecule has 0 bridgehead atoms. The highest BCUT2D eigenvalue weighted by molar-refractivity contribution is 5.81. The summed E-state index contributed by atoms with van der Waals surface area (Å²) in [5.41, 5.74) is 6.68. The van der Waals surface area contributed by atoms with E-state index in [0.717, 1.165) is 0 Å². The van der Waals surface area contributed by atoms with Crippen LogP contribution in [0.3, 0.4) is 0 Å². The lowest BCUT2D eigenvalue weighted by Gasteiger charge is -2.21. The quantitative estimate of drug-likeness (QED) is 0.553. The van der Waals surface area contributed by atoms with Gasteiger partial charge in [-0.25, -0.2) is 15.0 Å². The van der Waals surface area contributed by atoms with Crippen LogP contribution < -0.4 is 5.73 Å². The minimum absolute atomic E-state index is 0.253. The summed E-state index contributed by atoms with van der Waals surface area (Å²) < 4.78 is 17.9. The lowest BCUT2D eigenvalue weighted by Crippen LogP contribution is -2.36. The topological polar surface area (TPSA) is 138 Å². The number of anilines is 1. The Morgan fingerprint density at radius 1 is 1.35 bits per heavy atom. The highest BCUT2D eigenvalue weighted by atomic mass is 16.6. The van der Waals surface area contributed by atoms with E-state index in [4.69, 9.17) is 19.9 Å². The van der Waals surface area contributed by atoms with Crippen molar-refractivity contribution in [3.63, 3.8) is 0 Å². The molecule has 3 heterocycles. The summed E-state index contributed by atoms with van der Waals surface area (Å²) in [5, 5.41) is 19.7. The van der Waals surface area contributed by atoms with Gasteiger partial charge in [-0.05, 0) is 0 Å². The molecule has 0 saturated carbocycles. The van der Waals surface area contributed by atoms with Gasteiger partial charge in [0, 0.05) is 7.11 Å². The van der Waals surface area contributed by atoms with Gasteiger partial charge >= 0.3 is 0 Å². The Kier molecular flexibility index (Phi) is 4.68. The standard InChI is InChI=1S/C13H19N5O5/c1-21-2-3-22-10-9(20)7(4-19)23-13(10)18-6-17-8-11(14)15-5-16-12(8)18/h5-7,9-10,13,19-20H,2-4H2,1H3,(H2,14,15,16)/t7-,9-,10+,13+/m1/s1. The first-order valence-corrected chi connectivity index (χ1v) is 7.15. The number of imidazole rings is 1. The summed E-state index contributed by atoms with van der Waals surface area (Å²) >= 11 is 0. The zero-order valence-electron chi connectivity index (χ0n) is 12.6. The van der Waals surface area contributed by atoms with Crippen LogP contribution >= 0.6 is 0 Å². The lowest BCUT2D eigenvalue weighted by atomic mass is 10.1. The summed E-state index contributed by atoms with van der Waals surface area (Å²) in [5.74, 6) is 0.253. The van der Waals surface area contributed by atoms with E-state index in [1.165, 1.54) is 12.7 Å². The average molecular weight is 325 g/mol. The number of nitrogens with two attached hydrogens (primary N) is 1. The van der Waals surface area contributed by atoms with Gasteiger partial charge in [-0.15, -0.1) is 0 Å². The molecule has 1 aliphatic heterocycles. The molecule has 0 aromatic carbocycles.